The van der Waals surface area contributed by atoms with Gasteiger partial charge in [-0.1, -0.05) is 30.8 Å². The van der Waals surface area contributed by atoms with Crippen LogP contribution in [0.3, 0.4) is 0 Å². The Balaban J connectivity index is 0.898. The molecule has 2 saturated heterocycles. The van der Waals surface area contributed by atoms with Gasteiger partial charge in [-0.2, -0.15) is 5.10 Å². The first-order valence-corrected chi connectivity index (χ1v) is 19.2. The summed E-state index contributed by atoms with van der Waals surface area (Å²) >= 11 is 0. The van der Waals surface area contributed by atoms with E-state index in [0.29, 0.717) is 59.8 Å². The normalized spacial score (nSPS) is 18.8. The summed E-state index contributed by atoms with van der Waals surface area (Å²) < 4.78 is 7.67. The summed E-state index contributed by atoms with van der Waals surface area (Å²) in [5.74, 6) is -1.42. The third-order valence-corrected chi connectivity index (χ3v) is 10.7. The van der Waals surface area contributed by atoms with E-state index in [1.807, 2.05) is 54.6 Å². The average molecular weight is 797 g/mol. The SMILES string of the molecule is C=CC(=O)N1CC(n2nc(-c3ccc(Oc4ccccc4)cc3)c3c(N)ncnc32)CC1C(=O)NCCCCNc1cccc2c1C(=O)N(C1CCC(=O)NC1=O)C2=O. The first-order valence-electron chi connectivity index (χ1n) is 19.2. The molecule has 3 aliphatic heterocycles. The molecule has 6 amide bonds. The minimum Gasteiger partial charge on any atom is -0.457 e. The van der Waals surface area contributed by atoms with E-state index in [1.165, 1.54) is 23.4 Å². The van der Waals surface area contributed by atoms with Crippen molar-refractivity contribution in [3.05, 3.63) is 103 Å². The predicted octanol–water partition coefficient (Wildman–Crippen LogP) is 3.61. The van der Waals surface area contributed by atoms with Gasteiger partial charge in [-0.05, 0) is 73.9 Å². The second-order valence-electron chi connectivity index (χ2n) is 14.4. The van der Waals surface area contributed by atoms with Gasteiger partial charge in [-0.3, -0.25) is 39.0 Å². The molecule has 5 aromatic rings. The highest BCUT2D eigenvalue weighted by atomic mass is 16.5. The zero-order chi connectivity index (χ0) is 41.2. The van der Waals surface area contributed by atoms with Crippen molar-refractivity contribution in [3.8, 4) is 22.8 Å². The molecule has 3 unspecified atom stereocenters. The summed E-state index contributed by atoms with van der Waals surface area (Å²) in [5, 5.41) is 13.9. The van der Waals surface area contributed by atoms with Gasteiger partial charge in [0.25, 0.3) is 11.8 Å². The van der Waals surface area contributed by atoms with Gasteiger partial charge in [-0.25, -0.2) is 14.6 Å². The van der Waals surface area contributed by atoms with Crippen molar-refractivity contribution in [2.24, 2.45) is 0 Å². The molecular weight excluding hydrogens is 757 g/mol. The summed E-state index contributed by atoms with van der Waals surface area (Å²) in [6.45, 7) is 4.56. The van der Waals surface area contributed by atoms with Gasteiger partial charge in [0.05, 0.1) is 22.6 Å². The standard InChI is InChI=1S/C42H40N10O7/c1-2-33(54)50-22-25(52-38-35(37(43)46-23-47-38)36(49-52)24-13-15-27(16-14-24)59-26-9-4-3-5-10-26)21-31(50)39(55)45-20-7-6-19-44-29-12-8-11-28-34(29)42(58)51(41(28)57)30-17-18-32(53)48-40(30)56/h2-5,8-16,23,25,30-31,44H,1,6-7,17-22H2,(H,45,55)(H2,43,46,47)(H,48,53,56). The maximum atomic E-state index is 13.6. The van der Waals surface area contributed by atoms with Crippen LogP contribution >= 0.6 is 0 Å². The number of imide groups is 2. The van der Waals surface area contributed by atoms with Gasteiger partial charge in [0, 0.05) is 43.7 Å². The summed E-state index contributed by atoms with van der Waals surface area (Å²) in [6.07, 6.45) is 4.06. The van der Waals surface area contributed by atoms with Crippen LogP contribution in [0.2, 0.25) is 0 Å². The lowest BCUT2D eigenvalue weighted by Gasteiger charge is -2.27. The number of piperidine rings is 1. The zero-order valence-electron chi connectivity index (χ0n) is 31.8. The number of anilines is 2. The molecule has 3 aliphatic rings. The second kappa shape index (κ2) is 16.2. The monoisotopic (exact) mass is 796 g/mol. The number of nitrogens with one attached hydrogen (secondary N) is 3. The predicted molar refractivity (Wildman–Crippen MR) is 215 cm³/mol. The summed E-state index contributed by atoms with van der Waals surface area (Å²) in [6, 6.07) is 19.4. The first kappa shape index (κ1) is 38.4. The lowest BCUT2D eigenvalue weighted by molar-refractivity contribution is -0.136. The number of amides is 6. The lowest BCUT2D eigenvalue weighted by atomic mass is 10.0. The Kier molecular flexibility index (Phi) is 10.6. The lowest BCUT2D eigenvalue weighted by Crippen LogP contribution is -2.54. The van der Waals surface area contributed by atoms with Gasteiger partial charge in [0.15, 0.2) is 5.65 Å². The number of carbonyl (C=O) groups is 6. The van der Waals surface area contributed by atoms with Crippen LogP contribution in [0.5, 0.6) is 11.5 Å². The molecule has 5 N–H and O–H groups in total. The number of hydrogen-bond donors (Lipinski definition) is 4. The number of nitrogen functional groups attached to an aromatic ring is 1. The van der Waals surface area contributed by atoms with Crippen molar-refractivity contribution in [1.29, 1.82) is 0 Å². The van der Waals surface area contributed by atoms with E-state index < -0.39 is 47.7 Å². The minimum atomic E-state index is -1.06. The summed E-state index contributed by atoms with van der Waals surface area (Å²) in [7, 11) is 0. The number of ether oxygens (including phenoxy) is 1. The molecule has 59 heavy (non-hydrogen) atoms. The summed E-state index contributed by atoms with van der Waals surface area (Å²) in [5.41, 5.74) is 8.97. The molecule has 300 valence electrons. The van der Waals surface area contributed by atoms with E-state index in [-0.39, 0.29) is 48.7 Å². The van der Waals surface area contributed by atoms with Gasteiger partial charge in [0.2, 0.25) is 23.6 Å². The molecule has 2 aromatic heterocycles. The van der Waals surface area contributed by atoms with Crippen molar-refractivity contribution in [2.75, 3.05) is 30.7 Å². The Morgan fingerprint density at radius 3 is 2.46 bits per heavy atom. The number of para-hydroxylation sites is 1. The molecule has 2 fully saturated rings. The van der Waals surface area contributed by atoms with Crippen LogP contribution in [0, 0.1) is 0 Å². The maximum Gasteiger partial charge on any atom is 0.264 e. The van der Waals surface area contributed by atoms with Crippen LogP contribution < -0.4 is 26.4 Å². The molecule has 8 rings (SSSR count). The Labute approximate surface area is 337 Å². The van der Waals surface area contributed by atoms with Gasteiger partial charge in [0.1, 0.15) is 41.4 Å². The number of rotatable bonds is 13. The Morgan fingerprint density at radius 1 is 0.932 bits per heavy atom. The van der Waals surface area contributed by atoms with E-state index in [1.54, 1.807) is 16.8 Å². The first-order chi connectivity index (χ1) is 28.6. The number of carbonyl (C=O) groups excluding carboxylic acids is 6. The molecule has 0 aliphatic carbocycles. The fourth-order valence-electron chi connectivity index (χ4n) is 7.82. The number of unbranched alkanes of at least 4 members (excludes halogenated alkanes) is 1. The largest absolute Gasteiger partial charge is 0.457 e. The average Bonchev–Trinajstić information content (AvgIpc) is 3.93. The third-order valence-electron chi connectivity index (χ3n) is 10.7. The van der Waals surface area contributed by atoms with Crippen LogP contribution in [-0.4, -0.2) is 96.7 Å². The van der Waals surface area contributed by atoms with E-state index in [4.69, 9.17) is 15.6 Å². The molecule has 5 heterocycles. The molecule has 0 radical (unpaired) electrons. The number of nitrogens with zero attached hydrogens (tertiary/aromatic N) is 6. The number of likely N-dealkylation sites (tertiary alicyclic amines) is 1. The number of fused-ring (bicyclic) bond motifs is 2. The number of aromatic nitrogens is 4. The Hall–Kier alpha value is -7.43. The molecule has 0 spiro atoms. The molecule has 3 atom stereocenters. The smallest absolute Gasteiger partial charge is 0.264 e. The van der Waals surface area contributed by atoms with Crippen LogP contribution in [0.25, 0.3) is 22.3 Å². The van der Waals surface area contributed by atoms with E-state index in [9.17, 15) is 28.8 Å². The number of nitrogens with two attached hydrogens (primary N) is 1. The molecule has 0 saturated carbocycles. The van der Waals surface area contributed by atoms with Gasteiger partial charge < -0.3 is 26.0 Å². The van der Waals surface area contributed by atoms with Crippen LogP contribution in [-0.2, 0) is 19.2 Å². The van der Waals surface area contributed by atoms with Crippen LogP contribution in [0.1, 0.15) is 58.9 Å². The van der Waals surface area contributed by atoms with Crippen molar-refractivity contribution in [2.45, 2.75) is 50.2 Å². The van der Waals surface area contributed by atoms with Crippen molar-refractivity contribution < 1.29 is 33.5 Å². The third kappa shape index (κ3) is 7.45. The van der Waals surface area contributed by atoms with Crippen LogP contribution in [0.4, 0.5) is 11.5 Å². The number of hydrogen-bond acceptors (Lipinski definition) is 12. The Morgan fingerprint density at radius 2 is 1.69 bits per heavy atom. The molecule has 3 aromatic carbocycles. The number of benzene rings is 3. The molecule has 17 nitrogen and oxygen atoms in total. The highest BCUT2D eigenvalue weighted by Gasteiger charge is 2.46. The second-order valence-corrected chi connectivity index (χ2v) is 14.4. The van der Waals surface area contributed by atoms with E-state index in [0.717, 1.165) is 10.5 Å². The topological polar surface area (TPSA) is 224 Å². The molecular formula is C42H40N10O7. The van der Waals surface area contributed by atoms with E-state index in [2.05, 4.69) is 32.5 Å². The Bertz CT molecular complexity index is 2500. The maximum absolute atomic E-state index is 13.6. The zero-order valence-corrected chi connectivity index (χ0v) is 31.8. The highest BCUT2D eigenvalue weighted by Crippen LogP contribution is 2.37. The van der Waals surface area contributed by atoms with Crippen molar-refractivity contribution >= 4 is 58.0 Å². The van der Waals surface area contributed by atoms with Crippen LogP contribution in [0.15, 0.2) is 91.8 Å². The van der Waals surface area contributed by atoms with Crippen molar-refractivity contribution in [3.63, 3.8) is 0 Å². The molecule has 0 bridgehead atoms. The van der Waals surface area contributed by atoms with E-state index >= 15 is 0 Å². The van der Waals surface area contributed by atoms with Gasteiger partial charge >= 0.3 is 0 Å². The highest BCUT2D eigenvalue weighted by molar-refractivity contribution is 6.25. The quantitative estimate of drug-likeness (QED) is 0.0762. The summed E-state index contributed by atoms with van der Waals surface area (Å²) in [4.78, 5) is 88.5. The molecule has 17 heteroatoms. The fourth-order valence-corrected chi connectivity index (χ4v) is 7.82. The fraction of sp³-hybridized carbons (Fsp3) is 0.262. The van der Waals surface area contributed by atoms with Gasteiger partial charge in [-0.15, -0.1) is 0 Å². The van der Waals surface area contributed by atoms with Crippen molar-refractivity contribution in [1.82, 2.24) is 40.2 Å². The minimum absolute atomic E-state index is 0.0330.